The normalized spacial score (nSPS) is 10.2. The van der Waals surface area contributed by atoms with Gasteiger partial charge in [0, 0.05) is 0 Å². The molecule has 0 aromatic rings. The molecule has 0 saturated heterocycles. The van der Waals surface area contributed by atoms with Crippen LogP contribution in [0.1, 0.15) is 27.2 Å². The van der Waals surface area contributed by atoms with Crippen molar-refractivity contribution < 1.29 is 4.74 Å². The Hall–Kier alpha value is -0.300. The molecule has 54 valence electrons. The molecule has 1 nitrogen and oxygen atoms in total. The van der Waals surface area contributed by atoms with Crippen molar-refractivity contribution in [2.45, 2.75) is 33.3 Å². The SMILES string of the molecule is C=C(CC)COC(C)C. The summed E-state index contributed by atoms with van der Waals surface area (Å²) < 4.78 is 5.29. The summed E-state index contributed by atoms with van der Waals surface area (Å²) in [4.78, 5) is 0. The average molecular weight is 128 g/mol. The Balaban J connectivity index is 3.17. The van der Waals surface area contributed by atoms with E-state index in [2.05, 4.69) is 13.5 Å². The van der Waals surface area contributed by atoms with Crippen LogP contribution in [0.5, 0.6) is 0 Å². The molecule has 0 radical (unpaired) electrons. The molecular weight excluding hydrogens is 112 g/mol. The second kappa shape index (κ2) is 4.57. The van der Waals surface area contributed by atoms with E-state index in [4.69, 9.17) is 4.74 Å². The lowest BCUT2D eigenvalue weighted by molar-refractivity contribution is 0.0963. The summed E-state index contributed by atoms with van der Waals surface area (Å²) in [7, 11) is 0. The van der Waals surface area contributed by atoms with Crippen molar-refractivity contribution in [2.75, 3.05) is 6.61 Å². The van der Waals surface area contributed by atoms with Crippen molar-refractivity contribution >= 4 is 0 Å². The van der Waals surface area contributed by atoms with Crippen LogP contribution >= 0.6 is 0 Å². The topological polar surface area (TPSA) is 9.23 Å². The molecule has 0 amide bonds. The highest BCUT2D eigenvalue weighted by molar-refractivity contribution is 4.92. The van der Waals surface area contributed by atoms with Gasteiger partial charge in [-0.2, -0.15) is 0 Å². The maximum Gasteiger partial charge on any atom is 0.0677 e. The lowest BCUT2D eigenvalue weighted by Gasteiger charge is -2.07. The first-order valence-corrected chi connectivity index (χ1v) is 3.45. The monoisotopic (exact) mass is 128 g/mol. The number of hydrogen-bond donors (Lipinski definition) is 0. The zero-order valence-corrected chi connectivity index (χ0v) is 6.61. The highest BCUT2D eigenvalue weighted by Gasteiger charge is 1.93. The van der Waals surface area contributed by atoms with Gasteiger partial charge in [-0.1, -0.05) is 19.1 Å². The van der Waals surface area contributed by atoms with Crippen molar-refractivity contribution in [1.82, 2.24) is 0 Å². The molecule has 0 bridgehead atoms. The second-order valence-corrected chi connectivity index (χ2v) is 2.46. The van der Waals surface area contributed by atoms with Crippen LogP contribution in [-0.2, 0) is 4.74 Å². The van der Waals surface area contributed by atoms with Crippen molar-refractivity contribution in [2.24, 2.45) is 0 Å². The fourth-order valence-corrected chi connectivity index (χ4v) is 0.387. The smallest absolute Gasteiger partial charge is 0.0677 e. The fourth-order valence-electron chi connectivity index (χ4n) is 0.387. The van der Waals surface area contributed by atoms with Gasteiger partial charge in [-0.25, -0.2) is 0 Å². The van der Waals surface area contributed by atoms with Crippen LogP contribution in [0.3, 0.4) is 0 Å². The summed E-state index contributed by atoms with van der Waals surface area (Å²) in [6.45, 7) is 10.7. The van der Waals surface area contributed by atoms with E-state index >= 15 is 0 Å². The standard InChI is InChI=1S/C8H16O/c1-5-8(4)6-9-7(2)3/h7H,4-6H2,1-3H3. The molecule has 0 spiro atoms. The van der Waals surface area contributed by atoms with Gasteiger partial charge >= 0.3 is 0 Å². The van der Waals surface area contributed by atoms with E-state index in [0.29, 0.717) is 12.7 Å². The summed E-state index contributed by atoms with van der Waals surface area (Å²) in [5.74, 6) is 0. The quantitative estimate of drug-likeness (QED) is 0.528. The number of hydrogen-bond acceptors (Lipinski definition) is 1. The highest BCUT2D eigenvalue weighted by atomic mass is 16.5. The highest BCUT2D eigenvalue weighted by Crippen LogP contribution is 1.98. The molecule has 1 heteroatoms. The van der Waals surface area contributed by atoms with Crippen LogP contribution in [0.4, 0.5) is 0 Å². The Labute approximate surface area is 57.7 Å². The van der Waals surface area contributed by atoms with Gasteiger partial charge in [0.15, 0.2) is 0 Å². The Kier molecular flexibility index (Phi) is 4.41. The fraction of sp³-hybridized carbons (Fsp3) is 0.750. The summed E-state index contributed by atoms with van der Waals surface area (Å²) in [5.41, 5.74) is 1.17. The molecule has 0 aromatic carbocycles. The van der Waals surface area contributed by atoms with Crippen LogP contribution in [0.2, 0.25) is 0 Å². The van der Waals surface area contributed by atoms with Crippen LogP contribution < -0.4 is 0 Å². The summed E-state index contributed by atoms with van der Waals surface area (Å²) in [6.07, 6.45) is 1.35. The molecule has 0 atom stereocenters. The lowest BCUT2D eigenvalue weighted by Crippen LogP contribution is -2.04. The zero-order valence-electron chi connectivity index (χ0n) is 6.61. The van der Waals surface area contributed by atoms with E-state index in [9.17, 15) is 0 Å². The third-order valence-corrected chi connectivity index (χ3v) is 1.12. The molecule has 0 saturated carbocycles. The Morgan fingerprint density at radius 3 is 2.44 bits per heavy atom. The van der Waals surface area contributed by atoms with Crippen molar-refractivity contribution in [3.63, 3.8) is 0 Å². The summed E-state index contributed by atoms with van der Waals surface area (Å²) >= 11 is 0. The van der Waals surface area contributed by atoms with Gasteiger partial charge < -0.3 is 4.74 Å². The molecule has 0 rings (SSSR count). The first kappa shape index (κ1) is 8.70. The molecule has 0 heterocycles. The molecule has 0 fully saturated rings. The van der Waals surface area contributed by atoms with Crippen LogP contribution in [0.25, 0.3) is 0 Å². The third kappa shape index (κ3) is 5.57. The van der Waals surface area contributed by atoms with Gasteiger partial charge in [-0.05, 0) is 20.3 Å². The van der Waals surface area contributed by atoms with Gasteiger partial charge in [0.2, 0.25) is 0 Å². The molecule has 0 N–H and O–H groups in total. The van der Waals surface area contributed by atoms with Crippen molar-refractivity contribution in [3.05, 3.63) is 12.2 Å². The minimum Gasteiger partial charge on any atom is -0.374 e. The minimum atomic E-state index is 0.327. The predicted octanol–water partition coefficient (Wildman–Crippen LogP) is 2.38. The van der Waals surface area contributed by atoms with E-state index < -0.39 is 0 Å². The average Bonchev–Trinajstić information content (AvgIpc) is 1.83. The van der Waals surface area contributed by atoms with Crippen molar-refractivity contribution in [3.8, 4) is 0 Å². The molecule has 0 aliphatic heterocycles. The first-order chi connectivity index (χ1) is 4.16. The van der Waals surface area contributed by atoms with E-state index in [0.717, 1.165) is 6.42 Å². The number of rotatable bonds is 4. The Morgan fingerprint density at radius 2 is 2.11 bits per heavy atom. The molecule has 0 aromatic heterocycles. The number of ether oxygens (including phenoxy) is 1. The molecule has 0 aliphatic carbocycles. The van der Waals surface area contributed by atoms with Gasteiger partial charge in [0.1, 0.15) is 0 Å². The molecule has 9 heavy (non-hydrogen) atoms. The van der Waals surface area contributed by atoms with Gasteiger partial charge in [0.25, 0.3) is 0 Å². The maximum absolute atomic E-state index is 5.29. The van der Waals surface area contributed by atoms with Crippen LogP contribution in [0.15, 0.2) is 12.2 Å². The van der Waals surface area contributed by atoms with Gasteiger partial charge in [0.05, 0.1) is 12.7 Å². The van der Waals surface area contributed by atoms with Gasteiger partial charge in [-0.15, -0.1) is 0 Å². The first-order valence-electron chi connectivity index (χ1n) is 3.45. The van der Waals surface area contributed by atoms with Crippen LogP contribution in [0, 0.1) is 0 Å². The summed E-state index contributed by atoms with van der Waals surface area (Å²) in [5, 5.41) is 0. The van der Waals surface area contributed by atoms with Gasteiger partial charge in [-0.3, -0.25) is 0 Å². The maximum atomic E-state index is 5.29. The largest absolute Gasteiger partial charge is 0.374 e. The molecular formula is C8H16O. The second-order valence-electron chi connectivity index (χ2n) is 2.46. The third-order valence-electron chi connectivity index (χ3n) is 1.12. The lowest BCUT2D eigenvalue weighted by atomic mass is 10.2. The Morgan fingerprint density at radius 1 is 1.56 bits per heavy atom. The van der Waals surface area contributed by atoms with Crippen LogP contribution in [-0.4, -0.2) is 12.7 Å². The van der Waals surface area contributed by atoms with E-state index in [1.807, 2.05) is 13.8 Å². The van der Waals surface area contributed by atoms with E-state index in [1.165, 1.54) is 5.57 Å². The predicted molar refractivity (Wildman–Crippen MR) is 40.5 cm³/mol. The molecule has 0 unspecified atom stereocenters. The van der Waals surface area contributed by atoms with Crippen molar-refractivity contribution in [1.29, 1.82) is 0 Å². The van der Waals surface area contributed by atoms with E-state index in [-0.39, 0.29) is 0 Å². The Bertz CT molecular complexity index is 84.6. The molecule has 0 aliphatic rings. The minimum absolute atomic E-state index is 0.327. The zero-order chi connectivity index (χ0) is 7.28. The summed E-state index contributed by atoms with van der Waals surface area (Å²) in [6, 6.07) is 0. The van der Waals surface area contributed by atoms with E-state index in [1.54, 1.807) is 0 Å².